The summed E-state index contributed by atoms with van der Waals surface area (Å²) in [5.74, 6) is 0.428. The van der Waals surface area contributed by atoms with Gasteiger partial charge in [0.1, 0.15) is 6.29 Å². The summed E-state index contributed by atoms with van der Waals surface area (Å²) in [5, 5.41) is 0. The lowest BCUT2D eigenvalue weighted by atomic mass is 10.0. The van der Waals surface area contributed by atoms with E-state index in [0.29, 0.717) is 11.5 Å². The van der Waals surface area contributed by atoms with Crippen LogP contribution in [-0.2, 0) is 4.79 Å². The molecule has 1 heteroatoms. The summed E-state index contributed by atoms with van der Waals surface area (Å²) in [7, 11) is 0. The minimum atomic E-state index is 0.428. The van der Waals surface area contributed by atoms with Crippen molar-refractivity contribution in [1.29, 1.82) is 0 Å². The van der Waals surface area contributed by atoms with Gasteiger partial charge in [-0.1, -0.05) is 25.2 Å². The average Bonchev–Trinajstić information content (AvgIpc) is 1.85. The zero-order valence-electron chi connectivity index (χ0n) is 7.55. The fraction of sp³-hybridized carbons (Fsp3) is 0.500. The number of aldehydes is 1. The maximum Gasteiger partial charge on any atom is 0.145 e. The van der Waals surface area contributed by atoms with Crippen LogP contribution < -0.4 is 0 Å². The predicted molar refractivity (Wildman–Crippen MR) is 48.4 cm³/mol. The number of hydrogen-bond donors (Lipinski definition) is 0. The number of hydrogen-bond acceptors (Lipinski definition) is 1. The van der Waals surface area contributed by atoms with Crippen LogP contribution in [0.15, 0.2) is 23.8 Å². The van der Waals surface area contributed by atoms with Crippen LogP contribution in [0.2, 0.25) is 0 Å². The van der Waals surface area contributed by atoms with E-state index < -0.39 is 0 Å². The van der Waals surface area contributed by atoms with Crippen molar-refractivity contribution in [3.8, 4) is 0 Å². The Morgan fingerprint density at radius 2 is 2.09 bits per heavy atom. The standard InChI is InChI=1S/C10H16O/c1-8(2)5-9(3)6-10(4)7-11/h5,7,9H,4,6H2,1-3H3. The topological polar surface area (TPSA) is 17.1 Å². The fourth-order valence-electron chi connectivity index (χ4n) is 1.09. The van der Waals surface area contributed by atoms with Crippen molar-refractivity contribution in [3.63, 3.8) is 0 Å². The SMILES string of the molecule is C=C(C=O)CC(C)C=C(C)C. The molecular weight excluding hydrogens is 136 g/mol. The van der Waals surface area contributed by atoms with Crippen LogP contribution in [0, 0.1) is 5.92 Å². The molecule has 0 heterocycles. The van der Waals surface area contributed by atoms with Crippen LogP contribution in [0.25, 0.3) is 0 Å². The Balaban J connectivity index is 3.87. The number of rotatable bonds is 4. The molecule has 0 bridgehead atoms. The molecule has 1 unspecified atom stereocenters. The first-order valence-electron chi connectivity index (χ1n) is 3.84. The molecule has 62 valence electrons. The summed E-state index contributed by atoms with van der Waals surface area (Å²) < 4.78 is 0. The lowest BCUT2D eigenvalue weighted by molar-refractivity contribution is -0.105. The van der Waals surface area contributed by atoms with Gasteiger partial charge in [0.05, 0.1) is 0 Å². The first kappa shape index (κ1) is 10.2. The molecule has 0 aromatic carbocycles. The number of carbonyl (C=O) groups excluding carboxylic acids is 1. The van der Waals surface area contributed by atoms with Crippen molar-refractivity contribution in [2.45, 2.75) is 27.2 Å². The van der Waals surface area contributed by atoms with Crippen LogP contribution in [0.3, 0.4) is 0 Å². The maximum atomic E-state index is 10.2. The molecule has 0 N–H and O–H groups in total. The Bertz CT molecular complexity index is 173. The normalized spacial score (nSPS) is 11.9. The van der Waals surface area contributed by atoms with E-state index in [1.165, 1.54) is 5.57 Å². The monoisotopic (exact) mass is 152 g/mol. The molecular formula is C10H16O. The van der Waals surface area contributed by atoms with E-state index in [0.717, 1.165) is 12.7 Å². The highest BCUT2D eigenvalue weighted by Gasteiger charge is 1.99. The van der Waals surface area contributed by atoms with Crippen LogP contribution >= 0.6 is 0 Å². The molecule has 11 heavy (non-hydrogen) atoms. The summed E-state index contributed by atoms with van der Waals surface area (Å²) in [4.78, 5) is 10.2. The molecule has 0 rings (SSSR count). The highest BCUT2D eigenvalue weighted by Crippen LogP contribution is 2.11. The summed E-state index contributed by atoms with van der Waals surface area (Å²) >= 11 is 0. The van der Waals surface area contributed by atoms with Gasteiger partial charge in [0.2, 0.25) is 0 Å². The van der Waals surface area contributed by atoms with Crippen LogP contribution in [0.5, 0.6) is 0 Å². The zero-order valence-corrected chi connectivity index (χ0v) is 7.55. The van der Waals surface area contributed by atoms with Crippen molar-refractivity contribution in [1.82, 2.24) is 0 Å². The van der Waals surface area contributed by atoms with E-state index in [4.69, 9.17) is 0 Å². The molecule has 0 fully saturated rings. The van der Waals surface area contributed by atoms with Gasteiger partial charge in [0, 0.05) is 0 Å². The highest BCUT2D eigenvalue weighted by atomic mass is 16.1. The zero-order chi connectivity index (χ0) is 8.85. The van der Waals surface area contributed by atoms with Gasteiger partial charge in [-0.3, -0.25) is 4.79 Å². The summed E-state index contributed by atoms with van der Waals surface area (Å²) in [6, 6.07) is 0. The Morgan fingerprint density at radius 3 is 2.45 bits per heavy atom. The first-order valence-corrected chi connectivity index (χ1v) is 3.84. The lowest BCUT2D eigenvalue weighted by Gasteiger charge is -2.04. The molecule has 1 atom stereocenters. The second-order valence-electron chi connectivity index (χ2n) is 3.20. The van der Waals surface area contributed by atoms with E-state index in [1.807, 2.05) is 0 Å². The third-order valence-electron chi connectivity index (χ3n) is 1.37. The minimum Gasteiger partial charge on any atom is -0.298 e. The molecule has 0 aliphatic heterocycles. The number of carbonyl (C=O) groups is 1. The molecule has 0 aromatic rings. The smallest absolute Gasteiger partial charge is 0.145 e. The minimum absolute atomic E-state index is 0.428. The van der Waals surface area contributed by atoms with Gasteiger partial charge in [-0.05, 0) is 31.8 Å². The second kappa shape index (κ2) is 4.89. The van der Waals surface area contributed by atoms with Gasteiger partial charge in [-0.2, -0.15) is 0 Å². The maximum absolute atomic E-state index is 10.2. The molecule has 0 radical (unpaired) electrons. The lowest BCUT2D eigenvalue weighted by Crippen LogP contribution is -1.93. The van der Waals surface area contributed by atoms with E-state index in [2.05, 4.69) is 33.4 Å². The summed E-state index contributed by atoms with van der Waals surface area (Å²) in [6.45, 7) is 9.82. The quantitative estimate of drug-likeness (QED) is 0.344. The predicted octanol–water partition coefficient (Wildman–Crippen LogP) is 2.73. The third kappa shape index (κ3) is 5.59. The van der Waals surface area contributed by atoms with E-state index in [9.17, 15) is 4.79 Å². The Morgan fingerprint density at radius 1 is 1.55 bits per heavy atom. The van der Waals surface area contributed by atoms with Gasteiger partial charge >= 0.3 is 0 Å². The Hall–Kier alpha value is -0.850. The van der Waals surface area contributed by atoms with E-state index in [-0.39, 0.29) is 0 Å². The molecule has 0 aromatic heterocycles. The van der Waals surface area contributed by atoms with Gasteiger partial charge in [-0.15, -0.1) is 0 Å². The van der Waals surface area contributed by atoms with Crippen molar-refractivity contribution < 1.29 is 4.79 Å². The van der Waals surface area contributed by atoms with Crippen molar-refractivity contribution in [2.75, 3.05) is 0 Å². The van der Waals surface area contributed by atoms with E-state index in [1.54, 1.807) is 0 Å². The molecule has 0 aliphatic carbocycles. The van der Waals surface area contributed by atoms with Crippen LogP contribution in [-0.4, -0.2) is 6.29 Å². The summed E-state index contributed by atoms with van der Waals surface area (Å²) in [6.07, 6.45) is 3.75. The number of allylic oxidation sites excluding steroid dienone is 3. The largest absolute Gasteiger partial charge is 0.298 e. The Labute approximate surface area is 68.8 Å². The molecule has 0 amide bonds. The molecule has 1 nitrogen and oxygen atoms in total. The molecule has 0 spiro atoms. The third-order valence-corrected chi connectivity index (χ3v) is 1.37. The van der Waals surface area contributed by atoms with Gasteiger partial charge in [0.15, 0.2) is 0 Å². The fourth-order valence-corrected chi connectivity index (χ4v) is 1.09. The van der Waals surface area contributed by atoms with E-state index >= 15 is 0 Å². The van der Waals surface area contributed by atoms with Crippen molar-refractivity contribution in [2.24, 2.45) is 5.92 Å². The van der Waals surface area contributed by atoms with Gasteiger partial charge in [0.25, 0.3) is 0 Å². The summed E-state index contributed by atoms with van der Waals surface area (Å²) in [5.41, 5.74) is 1.96. The van der Waals surface area contributed by atoms with Crippen LogP contribution in [0.4, 0.5) is 0 Å². The highest BCUT2D eigenvalue weighted by molar-refractivity contribution is 5.71. The van der Waals surface area contributed by atoms with Gasteiger partial charge in [-0.25, -0.2) is 0 Å². The van der Waals surface area contributed by atoms with Gasteiger partial charge < -0.3 is 0 Å². The Kier molecular flexibility index (Phi) is 4.51. The van der Waals surface area contributed by atoms with Crippen molar-refractivity contribution >= 4 is 6.29 Å². The first-order chi connectivity index (χ1) is 5.06. The average molecular weight is 152 g/mol. The van der Waals surface area contributed by atoms with Crippen LogP contribution in [0.1, 0.15) is 27.2 Å². The molecule has 0 aliphatic rings. The second-order valence-corrected chi connectivity index (χ2v) is 3.20. The van der Waals surface area contributed by atoms with Crippen molar-refractivity contribution in [3.05, 3.63) is 23.8 Å². The molecule has 0 saturated carbocycles. The molecule has 0 saturated heterocycles.